The predicted octanol–water partition coefficient (Wildman–Crippen LogP) is 5.74. The molecule has 0 aromatic heterocycles. The number of Topliss-reactive ketones (excluding diaryl/α,β-unsaturated/α-hetero) is 2. The van der Waals surface area contributed by atoms with Crippen LogP contribution in [0.1, 0.15) is 47.1 Å². The Morgan fingerprint density at radius 3 is 2.03 bits per heavy atom. The largest absolute Gasteiger partial charge is 0.462 e. The monoisotopic (exact) mass is 411 g/mol. The molecule has 4 nitrogen and oxygen atoms in total. The summed E-state index contributed by atoms with van der Waals surface area (Å²) in [5.41, 5.74) is 3.96. The van der Waals surface area contributed by atoms with Crippen LogP contribution in [0.2, 0.25) is 0 Å². The molecule has 4 rings (SSSR count). The van der Waals surface area contributed by atoms with Gasteiger partial charge in [0.15, 0.2) is 11.6 Å². The zero-order valence-electron chi connectivity index (χ0n) is 18.0. The van der Waals surface area contributed by atoms with Gasteiger partial charge in [0.1, 0.15) is 11.5 Å². The van der Waals surface area contributed by atoms with Gasteiger partial charge < -0.3 is 9.64 Å². The Morgan fingerprint density at radius 2 is 1.45 bits per heavy atom. The number of allylic oxidation sites excluding steroid dienone is 6. The molecule has 0 unspecified atom stereocenters. The topological polar surface area (TPSA) is 46.6 Å². The highest BCUT2D eigenvalue weighted by Crippen LogP contribution is 2.32. The fourth-order valence-electron chi connectivity index (χ4n) is 3.96. The van der Waals surface area contributed by atoms with Crippen molar-refractivity contribution in [1.29, 1.82) is 0 Å². The highest BCUT2D eigenvalue weighted by Gasteiger charge is 2.34. The maximum Gasteiger partial charge on any atom is 0.198 e. The molecule has 1 aliphatic heterocycles. The zero-order valence-corrected chi connectivity index (χ0v) is 18.0. The number of hydrogen-bond donors (Lipinski definition) is 0. The molecule has 31 heavy (non-hydrogen) atoms. The third-order valence-corrected chi connectivity index (χ3v) is 5.56. The average molecular weight is 412 g/mol. The lowest BCUT2D eigenvalue weighted by Crippen LogP contribution is -2.21. The van der Waals surface area contributed by atoms with E-state index < -0.39 is 0 Å². The summed E-state index contributed by atoms with van der Waals surface area (Å²) in [6.45, 7) is 8.04. The van der Waals surface area contributed by atoms with Gasteiger partial charge in [0.05, 0.1) is 5.57 Å². The van der Waals surface area contributed by atoms with Crippen molar-refractivity contribution in [2.24, 2.45) is 0 Å². The van der Waals surface area contributed by atoms with Crippen molar-refractivity contribution in [2.45, 2.75) is 20.8 Å². The molecule has 0 saturated heterocycles. The van der Waals surface area contributed by atoms with Crippen molar-refractivity contribution in [3.63, 3.8) is 0 Å². The van der Waals surface area contributed by atoms with Gasteiger partial charge in [-0.3, -0.25) is 9.59 Å². The van der Waals surface area contributed by atoms with Crippen LogP contribution in [-0.2, 0) is 4.74 Å². The SMILES string of the molecule is CCN(CC)c1ccc(C=CC2=CC(=C3C(=O)c4ccccc4C3=O)C=C(C)O2)cc1. The second-order valence-electron chi connectivity index (χ2n) is 7.54. The fourth-order valence-corrected chi connectivity index (χ4v) is 3.96. The van der Waals surface area contributed by atoms with Gasteiger partial charge >= 0.3 is 0 Å². The van der Waals surface area contributed by atoms with Crippen LogP contribution in [0.4, 0.5) is 5.69 Å². The number of fused-ring (bicyclic) bond motifs is 1. The molecule has 0 saturated carbocycles. The minimum absolute atomic E-state index is 0.207. The van der Waals surface area contributed by atoms with Crippen LogP contribution < -0.4 is 4.90 Å². The van der Waals surface area contributed by atoms with Crippen LogP contribution in [0.3, 0.4) is 0 Å². The van der Waals surface area contributed by atoms with E-state index in [0.717, 1.165) is 18.7 Å². The Bertz CT molecular complexity index is 1120. The Balaban J connectivity index is 1.62. The van der Waals surface area contributed by atoms with Gasteiger partial charge in [0.2, 0.25) is 0 Å². The lowest BCUT2D eigenvalue weighted by atomic mass is 10.0. The molecule has 2 aliphatic rings. The third kappa shape index (κ3) is 4.02. The van der Waals surface area contributed by atoms with Gasteiger partial charge in [-0.15, -0.1) is 0 Å². The summed E-state index contributed by atoms with van der Waals surface area (Å²) in [6, 6.07) is 15.3. The van der Waals surface area contributed by atoms with E-state index in [2.05, 4.69) is 43.0 Å². The van der Waals surface area contributed by atoms with Gasteiger partial charge in [0, 0.05) is 29.9 Å². The smallest absolute Gasteiger partial charge is 0.198 e. The summed E-state index contributed by atoms with van der Waals surface area (Å²) < 4.78 is 5.81. The molecule has 0 amide bonds. The highest BCUT2D eigenvalue weighted by atomic mass is 16.5. The van der Waals surface area contributed by atoms with Gasteiger partial charge in [-0.2, -0.15) is 0 Å². The molecule has 0 N–H and O–H groups in total. The van der Waals surface area contributed by atoms with E-state index in [4.69, 9.17) is 4.74 Å². The molecule has 2 aromatic rings. The number of ether oxygens (including phenoxy) is 1. The summed E-state index contributed by atoms with van der Waals surface area (Å²) in [5.74, 6) is 0.770. The van der Waals surface area contributed by atoms with Crippen molar-refractivity contribution in [1.82, 2.24) is 0 Å². The number of carbonyl (C=O) groups is 2. The number of hydrogen-bond acceptors (Lipinski definition) is 4. The average Bonchev–Trinajstić information content (AvgIpc) is 3.04. The summed E-state index contributed by atoms with van der Waals surface area (Å²) in [7, 11) is 0. The molecular formula is C27H25NO3. The first-order chi connectivity index (χ1) is 15.0. The molecule has 2 aromatic carbocycles. The molecule has 0 spiro atoms. The van der Waals surface area contributed by atoms with Crippen LogP contribution in [-0.4, -0.2) is 24.7 Å². The van der Waals surface area contributed by atoms with Gasteiger partial charge in [-0.25, -0.2) is 0 Å². The molecule has 156 valence electrons. The fraction of sp³-hybridized carbons (Fsp3) is 0.185. The highest BCUT2D eigenvalue weighted by molar-refractivity contribution is 6.40. The van der Waals surface area contributed by atoms with Crippen LogP contribution in [0.15, 0.2) is 89.4 Å². The second-order valence-corrected chi connectivity index (χ2v) is 7.54. The van der Waals surface area contributed by atoms with Crippen LogP contribution in [0, 0.1) is 0 Å². The quantitative estimate of drug-likeness (QED) is 0.465. The predicted molar refractivity (Wildman–Crippen MR) is 124 cm³/mol. The summed E-state index contributed by atoms with van der Waals surface area (Å²) >= 11 is 0. The number of rotatable bonds is 5. The molecule has 0 atom stereocenters. The van der Waals surface area contributed by atoms with Crippen molar-refractivity contribution >= 4 is 23.3 Å². The van der Waals surface area contributed by atoms with Crippen LogP contribution in [0.25, 0.3) is 6.08 Å². The lowest BCUT2D eigenvalue weighted by Gasteiger charge is -2.20. The van der Waals surface area contributed by atoms with E-state index in [1.807, 2.05) is 19.1 Å². The summed E-state index contributed by atoms with van der Waals surface area (Å²) in [5, 5.41) is 0. The number of anilines is 1. The normalized spacial score (nSPS) is 15.7. The maximum absolute atomic E-state index is 12.8. The van der Waals surface area contributed by atoms with Gasteiger partial charge in [-0.05, 0) is 62.3 Å². The van der Waals surface area contributed by atoms with E-state index in [1.54, 1.807) is 36.4 Å². The zero-order chi connectivity index (χ0) is 22.0. The molecule has 1 aliphatic carbocycles. The number of benzene rings is 2. The van der Waals surface area contributed by atoms with Crippen molar-refractivity contribution < 1.29 is 14.3 Å². The number of carbonyl (C=O) groups excluding carboxylic acids is 2. The van der Waals surface area contributed by atoms with Crippen molar-refractivity contribution in [3.8, 4) is 0 Å². The first kappa shape index (κ1) is 20.6. The Morgan fingerprint density at radius 1 is 0.839 bits per heavy atom. The van der Waals surface area contributed by atoms with Gasteiger partial charge in [0.25, 0.3) is 0 Å². The Hall–Kier alpha value is -3.66. The lowest BCUT2D eigenvalue weighted by molar-refractivity contribution is 0.0988. The van der Waals surface area contributed by atoms with Crippen molar-refractivity contribution in [2.75, 3.05) is 18.0 Å². The Labute approximate surface area is 182 Å². The van der Waals surface area contributed by atoms with Gasteiger partial charge in [-0.1, -0.05) is 42.5 Å². The first-order valence-electron chi connectivity index (χ1n) is 10.6. The van der Waals surface area contributed by atoms with E-state index in [9.17, 15) is 9.59 Å². The third-order valence-electron chi connectivity index (χ3n) is 5.56. The minimum Gasteiger partial charge on any atom is -0.462 e. The summed E-state index contributed by atoms with van der Waals surface area (Å²) in [6.07, 6.45) is 7.32. The van der Waals surface area contributed by atoms with E-state index >= 15 is 0 Å². The standard InChI is InChI=1S/C27H25NO3/c1-4-28(5-2)21-13-10-19(11-14-21)12-15-22-17-20(16-18(3)31-22)25-26(29)23-8-6-7-9-24(23)27(25)30/h6-17H,4-5H2,1-3H3. The summed E-state index contributed by atoms with van der Waals surface area (Å²) in [4.78, 5) is 28.0. The Kier molecular flexibility index (Phi) is 5.72. The molecule has 4 heteroatoms. The van der Waals surface area contributed by atoms with Crippen molar-refractivity contribution in [3.05, 3.63) is 106 Å². The van der Waals surface area contributed by atoms with E-state index in [1.165, 1.54) is 5.69 Å². The second kappa shape index (κ2) is 8.60. The number of ketones is 2. The van der Waals surface area contributed by atoms with E-state index in [0.29, 0.717) is 28.2 Å². The maximum atomic E-state index is 12.8. The van der Waals surface area contributed by atoms with E-state index in [-0.39, 0.29) is 17.1 Å². The number of nitrogens with zero attached hydrogens (tertiary/aromatic N) is 1. The van der Waals surface area contributed by atoms with Crippen LogP contribution >= 0.6 is 0 Å². The van der Waals surface area contributed by atoms with Crippen LogP contribution in [0.5, 0.6) is 0 Å². The minimum atomic E-state index is -0.229. The first-order valence-corrected chi connectivity index (χ1v) is 10.6. The molecular weight excluding hydrogens is 386 g/mol. The molecule has 1 heterocycles. The molecule has 0 fully saturated rings. The molecule has 0 bridgehead atoms. The molecule has 0 radical (unpaired) electrons.